The Morgan fingerprint density at radius 3 is 2.25 bits per heavy atom. The standard InChI is InChI=1S/C20H30N2O2/c23-18-4-2-6-22(18)17-3-1-5-21(12-17)20(24)19-15-8-13-7-14(10-15)11-16(19)9-13/h13-17,19H,1-12H2/t13?,14?,15?,16?,17-,19?/m1/s1. The molecule has 6 rings (SSSR count). The third kappa shape index (κ3) is 2.40. The normalized spacial score (nSPS) is 44.4. The minimum Gasteiger partial charge on any atom is -0.340 e. The van der Waals surface area contributed by atoms with Crippen LogP contribution in [0, 0.1) is 29.6 Å². The van der Waals surface area contributed by atoms with E-state index in [2.05, 4.69) is 9.80 Å². The van der Waals surface area contributed by atoms with E-state index in [0.717, 1.165) is 50.7 Å². The van der Waals surface area contributed by atoms with Crippen LogP contribution >= 0.6 is 0 Å². The Kier molecular flexibility index (Phi) is 3.64. The molecule has 6 aliphatic rings. The number of carbonyl (C=O) groups is 2. The maximum Gasteiger partial charge on any atom is 0.226 e. The highest BCUT2D eigenvalue weighted by Gasteiger charge is 2.52. The van der Waals surface area contributed by atoms with Crippen LogP contribution in [0.4, 0.5) is 0 Å². The van der Waals surface area contributed by atoms with Crippen molar-refractivity contribution in [3.63, 3.8) is 0 Å². The largest absolute Gasteiger partial charge is 0.340 e. The Balaban J connectivity index is 1.29. The number of hydrogen-bond donors (Lipinski definition) is 0. The molecular weight excluding hydrogens is 300 g/mol. The van der Waals surface area contributed by atoms with Gasteiger partial charge in [-0.25, -0.2) is 0 Å². The number of rotatable bonds is 2. The first-order valence-electron chi connectivity index (χ1n) is 10.3. The van der Waals surface area contributed by atoms with E-state index in [4.69, 9.17) is 0 Å². The van der Waals surface area contributed by atoms with Gasteiger partial charge in [0.25, 0.3) is 0 Å². The fourth-order valence-corrected chi connectivity index (χ4v) is 7.00. The lowest BCUT2D eigenvalue weighted by atomic mass is 9.51. The summed E-state index contributed by atoms with van der Waals surface area (Å²) in [5, 5.41) is 0. The molecule has 2 aliphatic heterocycles. The molecular formula is C20H30N2O2. The number of nitrogens with zero attached hydrogens (tertiary/aromatic N) is 2. The zero-order valence-electron chi connectivity index (χ0n) is 14.7. The van der Waals surface area contributed by atoms with Crippen molar-refractivity contribution < 1.29 is 9.59 Å². The molecule has 0 radical (unpaired) electrons. The van der Waals surface area contributed by atoms with Gasteiger partial charge in [0.05, 0.1) is 0 Å². The minimum atomic E-state index is 0.287. The second-order valence-corrected chi connectivity index (χ2v) is 9.23. The summed E-state index contributed by atoms with van der Waals surface area (Å²) < 4.78 is 0. The Labute approximate surface area is 144 Å². The van der Waals surface area contributed by atoms with Gasteiger partial charge in [-0.1, -0.05) is 0 Å². The summed E-state index contributed by atoms with van der Waals surface area (Å²) in [6.45, 7) is 2.62. The van der Waals surface area contributed by atoms with Crippen molar-refractivity contribution >= 4 is 11.8 Å². The van der Waals surface area contributed by atoms with Gasteiger partial charge in [-0.2, -0.15) is 0 Å². The molecule has 2 heterocycles. The van der Waals surface area contributed by atoms with E-state index in [1.54, 1.807) is 0 Å². The van der Waals surface area contributed by atoms with E-state index in [1.165, 1.54) is 32.1 Å². The Morgan fingerprint density at radius 2 is 1.62 bits per heavy atom. The average Bonchev–Trinajstić information content (AvgIpc) is 3.00. The van der Waals surface area contributed by atoms with Gasteiger partial charge >= 0.3 is 0 Å². The summed E-state index contributed by atoms with van der Waals surface area (Å²) >= 11 is 0. The molecule has 0 spiro atoms. The van der Waals surface area contributed by atoms with Gasteiger partial charge in [-0.3, -0.25) is 9.59 Å². The van der Waals surface area contributed by atoms with Crippen LogP contribution in [-0.4, -0.2) is 47.3 Å². The van der Waals surface area contributed by atoms with Gasteiger partial charge < -0.3 is 9.80 Å². The van der Waals surface area contributed by atoms with Crippen molar-refractivity contribution in [3.8, 4) is 0 Å². The number of amides is 2. The predicted molar refractivity (Wildman–Crippen MR) is 91.1 cm³/mol. The van der Waals surface area contributed by atoms with Gasteiger partial charge in [0.1, 0.15) is 0 Å². The number of likely N-dealkylation sites (tertiary alicyclic amines) is 2. The second-order valence-electron chi connectivity index (χ2n) is 9.23. The summed E-state index contributed by atoms with van der Waals surface area (Å²) in [5.41, 5.74) is 0. The lowest BCUT2D eigenvalue weighted by Crippen LogP contribution is -2.56. The molecule has 1 atom stereocenters. The smallest absolute Gasteiger partial charge is 0.226 e. The lowest BCUT2D eigenvalue weighted by Gasteiger charge is -2.54. The molecule has 4 heteroatoms. The number of carbonyl (C=O) groups excluding carboxylic acids is 2. The summed E-state index contributed by atoms with van der Waals surface area (Å²) in [6, 6.07) is 0.287. The molecule has 0 N–H and O–H groups in total. The number of hydrogen-bond acceptors (Lipinski definition) is 2. The molecule has 4 saturated carbocycles. The van der Waals surface area contributed by atoms with Gasteiger partial charge in [-0.05, 0) is 75.0 Å². The van der Waals surface area contributed by atoms with Crippen molar-refractivity contribution in [2.45, 2.75) is 63.8 Å². The Hall–Kier alpha value is -1.06. The molecule has 2 saturated heterocycles. The first-order valence-corrected chi connectivity index (χ1v) is 10.3. The molecule has 132 valence electrons. The lowest BCUT2D eigenvalue weighted by molar-refractivity contribution is -0.152. The fraction of sp³-hybridized carbons (Fsp3) is 0.900. The molecule has 0 unspecified atom stereocenters. The predicted octanol–water partition coefficient (Wildman–Crippen LogP) is 2.67. The van der Waals surface area contributed by atoms with Gasteiger partial charge in [0, 0.05) is 38.0 Å². The zero-order chi connectivity index (χ0) is 16.3. The van der Waals surface area contributed by atoms with E-state index in [9.17, 15) is 9.59 Å². The summed E-state index contributed by atoms with van der Waals surface area (Å²) in [7, 11) is 0. The third-order valence-electron chi connectivity index (χ3n) is 7.77. The van der Waals surface area contributed by atoms with Crippen LogP contribution in [0.2, 0.25) is 0 Å². The van der Waals surface area contributed by atoms with Gasteiger partial charge in [0.2, 0.25) is 11.8 Å². The number of piperidine rings is 1. The molecule has 24 heavy (non-hydrogen) atoms. The Bertz CT molecular complexity index is 518. The van der Waals surface area contributed by atoms with E-state index in [0.29, 0.717) is 36.0 Å². The van der Waals surface area contributed by atoms with Crippen molar-refractivity contribution in [2.24, 2.45) is 29.6 Å². The summed E-state index contributed by atoms with van der Waals surface area (Å²) in [6.07, 6.45) is 10.5. The fourth-order valence-electron chi connectivity index (χ4n) is 7.00. The second kappa shape index (κ2) is 5.74. The molecule has 0 aromatic carbocycles. The minimum absolute atomic E-state index is 0.287. The Morgan fingerprint density at radius 1 is 0.917 bits per heavy atom. The molecule has 0 aromatic rings. The van der Waals surface area contributed by atoms with Crippen LogP contribution < -0.4 is 0 Å². The van der Waals surface area contributed by atoms with E-state index < -0.39 is 0 Å². The van der Waals surface area contributed by atoms with Crippen molar-refractivity contribution in [1.82, 2.24) is 9.80 Å². The topological polar surface area (TPSA) is 40.6 Å². The molecule has 4 aliphatic carbocycles. The van der Waals surface area contributed by atoms with Gasteiger partial charge in [-0.15, -0.1) is 0 Å². The van der Waals surface area contributed by atoms with Crippen LogP contribution in [0.5, 0.6) is 0 Å². The maximum absolute atomic E-state index is 13.4. The van der Waals surface area contributed by atoms with Crippen molar-refractivity contribution in [2.75, 3.05) is 19.6 Å². The van der Waals surface area contributed by atoms with Gasteiger partial charge in [0.15, 0.2) is 0 Å². The average molecular weight is 330 g/mol. The molecule has 0 aromatic heterocycles. The van der Waals surface area contributed by atoms with Crippen molar-refractivity contribution in [3.05, 3.63) is 0 Å². The maximum atomic E-state index is 13.4. The molecule has 4 nitrogen and oxygen atoms in total. The van der Waals surface area contributed by atoms with E-state index in [1.807, 2.05) is 0 Å². The van der Waals surface area contributed by atoms with Crippen LogP contribution in [0.1, 0.15) is 57.8 Å². The van der Waals surface area contributed by atoms with Crippen LogP contribution in [0.15, 0.2) is 0 Å². The third-order valence-corrected chi connectivity index (χ3v) is 7.77. The van der Waals surface area contributed by atoms with Crippen LogP contribution in [-0.2, 0) is 9.59 Å². The van der Waals surface area contributed by atoms with E-state index >= 15 is 0 Å². The molecule has 6 fully saturated rings. The van der Waals surface area contributed by atoms with E-state index in [-0.39, 0.29) is 6.04 Å². The first-order chi connectivity index (χ1) is 11.7. The summed E-state index contributed by atoms with van der Waals surface area (Å²) in [5.74, 6) is 4.25. The highest BCUT2D eigenvalue weighted by molar-refractivity contribution is 5.81. The molecule has 2 amide bonds. The van der Waals surface area contributed by atoms with Crippen molar-refractivity contribution in [1.29, 1.82) is 0 Å². The monoisotopic (exact) mass is 330 g/mol. The first kappa shape index (κ1) is 15.2. The highest BCUT2D eigenvalue weighted by Crippen LogP contribution is 2.57. The molecule has 4 bridgehead atoms. The van der Waals surface area contributed by atoms with Crippen LogP contribution in [0.25, 0.3) is 0 Å². The highest BCUT2D eigenvalue weighted by atomic mass is 16.2. The quantitative estimate of drug-likeness (QED) is 0.781. The summed E-state index contributed by atoms with van der Waals surface area (Å²) in [4.78, 5) is 29.6. The SMILES string of the molecule is O=C(C1C2CC3CC(C2)CC1C3)N1CCC[C@@H](N2CCCC2=O)C1. The zero-order valence-corrected chi connectivity index (χ0v) is 14.7. The van der Waals surface area contributed by atoms with Crippen LogP contribution in [0.3, 0.4) is 0 Å².